The van der Waals surface area contributed by atoms with Crippen LogP contribution in [-0.2, 0) is 63.1 Å². The maximum absolute atomic E-state index is 9.90. The van der Waals surface area contributed by atoms with E-state index in [1.807, 2.05) is 6.20 Å². The second kappa shape index (κ2) is 26.1. The van der Waals surface area contributed by atoms with Crippen molar-refractivity contribution < 1.29 is 83.5 Å². The molecule has 35 heavy (non-hydrogen) atoms. The molecule has 0 aromatic heterocycles. The van der Waals surface area contributed by atoms with Crippen LogP contribution in [-0.4, -0.2) is 63.9 Å². The van der Waals surface area contributed by atoms with Crippen molar-refractivity contribution in [2.45, 2.75) is 26.7 Å². The minimum atomic E-state index is -1.24. The predicted molar refractivity (Wildman–Crippen MR) is 124 cm³/mol. The molecule has 13 nitrogen and oxygen atoms in total. The van der Waals surface area contributed by atoms with Crippen molar-refractivity contribution in [3.8, 4) is 0 Å². The van der Waals surface area contributed by atoms with Gasteiger partial charge in [0.1, 0.15) is 0 Å². The van der Waals surface area contributed by atoms with Crippen LogP contribution in [0.3, 0.4) is 0 Å². The summed E-state index contributed by atoms with van der Waals surface area (Å²) in [6.07, 6.45) is 10.1. The largest absolute Gasteiger partial charge is 2.00 e. The summed E-state index contributed by atoms with van der Waals surface area (Å²) in [4.78, 5) is 39.4. The molecule has 0 unspecified atom stereocenters. The predicted octanol–water partition coefficient (Wildman–Crippen LogP) is 1.67. The molecule has 0 radical (unpaired) electrons. The average Bonchev–Trinajstić information content (AvgIpc) is 2.69. The first-order valence-corrected chi connectivity index (χ1v) is 9.00. The Labute approximate surface area is 223 Å². The molecule has 1 saturated heterocycles. The number of nitrogens with two attached hydrogens (primary N) is 1. The van der Waals surface area contributed by atoms with Crippen LogP contribution >= 0.6 is 0 Å². The van der Waals surface area contributed by atoms with Crippen molar-refractivity contribution >= 4 is 23.9 Å². The van der Waals surface area contributed by atoms with E-state index < -0.39 is 23.9 Å². The number of allylic oxidation sites excluding steroid dienone is 2. The van der Waals surface area contributed by atoms with Crippen LogP contribution in [0.4, 0.5) is 0 Å². The monoisotopic (exact) mass is 592 g/mol. The van der Waals surface area contributed by atoms with E-state index in [0.717, 1.165) is 25.6 Å². The van der Waals surface area contributed by atoms with Gasteiger partial charge in [-0.2, -0.15) is 6.20 Å². The van der Waals surface area contributed by atoms with Crippen LogP contribution in [0.1, 0.15) is 26.7 Å². The van der Waals surface area contributed by atoms with Crippen LogP contribution in [0.2, 0.25) is 0 Å². The third-order valence-electron chi connectivity index (χ3n) is 3.90. The number of carboxylic acids is 4. The number of piperidine rings is 1. The topological polar surface area (TPSA) is 277 Å². The maximum Gasteiger partial charge on any atom is 2.00 e. The molecule has 2 rings (SSSR count). The van der Waals surface area contributed by atoms with Crippen molar-refractivity contribution in [1.82, 2.24) is 0 Å². The van der Waals surface area contributed by atoms with Crippen LogP contribution in [0.25, 0.3) is 16.8 Å². The number of rotatable bonds is 5. The minimum absolute atomic E-state index is 0. The SMILES string of the molecule is C1=CC(C2CC[N-]CC2)=CC[N-]1.CC(=CC(=O)O)C(=O)O.CC(=CC(=O)O)C(=O)O.[NH2-].[Ni+2].[Ni].[OH3+].[OH3+]. The first kappa shape index (κ1) is 45.9. The first-order valence-electron chi connectivity index (χ1n) is 9.00. The number of hydrogen-bond donors (Lipinski definition) is 4. The number of carboxylic acid groups (broad SMARTS) is 4. The summed E-state index contributed by atoms with van der Waals surface area (Å²) in [7, 11) is 0. The molecule has 0 aromatic rings. The molecule has 2 aliphatic heterocycles. The van der Waals surface area contributed by atoms with E-state index in [1.54, 1.807) is 0 Å². The van der Waals surface area contributed by atoms with Gasteiger partial charge in [0.15, 0.2) is 0 Å². The first-order chi connectivity index (χ1) is 14.0. The Hall–Kier alpha value is -2.53. The second-order valence-corrected chi connectivity index (χ2v) is 6.27. The van der Waals surface area contributed by atoms with Crippen LogP contribution in [0, 0.1) is 5.92 Å². The van der Waals surface area contributed by atoms with Gasteiger partial charge in [-0.25, -0.2) is 19.2 Å². The standard InChI is InChI=1S/C10H14N2.2C5H6O4.H2N.2Ni.2H2O/c1-5-11-6-2-9(1)10-3-7-12-8-4-10;2*1-3(5(8)9)2-4(6)7;;;;;/h1-2,5,10H,3-4,6-8H2;2*2H,1H3,(H,6,7)(H,8,9);1H2;;;2*1H2/q-2;;;-1;;+2;;/p+2. The molecular weight excluding hydrogens is 560 g/mol. The summed E-state index contributed by atoms with van der Waals surface area (Å²) in [6.45, 7) is 5.41. The molecule has 1 fully saturated rings. The molecule has 0 atom stereocenters. The fourth-order valence-electron chi connectivity index (χ4n) is 2.31. The molecule has 0 aromatic carbocycles. The van der Waals surface area contributed by atoms with E-state index in [-0.39, 0.29) is 61.2 Å². The molecule has 0 amide bonds. The summed E-state index contributed by atoms with van der Waals surface area (Å²) >= 11 is 0. The fraction of sp³-hybridized carbons (Fsp3) is 0.400. The van der Waals surface area contributed by atoms with Gasteiger partial charge in [-0.1, -0.05) is 30.6 Å². The summed E-state index contributed by atoms with van der Waals surface area (Å²) in [5.41, 5.74) is 1.13. The zero-order valence-electron chi connectivity index (χ0n) is 19.2. The maximum atomic E-state index is 9.90. The minimum Gasteiger partial charge on any atom is -0.693 e. The van der Waals surface area contributed by atoms with E-state index >= 15 is 0 Å². The van der Waals surface area contributed by atoms with Gasteiger partial charge in [-0.3, -0.25) is 0 Å². The average molecular weight is 594 g/mol. The van der Waals surface area contributed by atoms with Crippen LogP contribution in [0.15, 0.2) is 47.2 Å². The summed E-state index contributed by atoms with van der Waals surface area (Å²) in [5.74, 6) is -4.14. The van der Waals surface area contributed by atoms with Gasteiger partial charge in [0.25, 0.3) is 0 Å². The summed E-state index contributed by atoms with van der Waals surface area (Å²) in [6, 6.07) is 0. The molecule has 2 aliphatic rings. The second-order valence-electron chi connectivity index (χ2n) is 6.27. The quantitative estimate of drug-likeness (QED) is 0.206. The van der Waals surface area contributed by atoms with Gasteiger partial charge >= 0.3 is 40.4 Å². The fourth-order valence-corrected chi connectivity index (χ4v) is 2.31. The molecule has 0 bridgehead atoms. The van der Waals surface area contributed by atoms with Crippen molar-refractivity contribution in [2.24, 2.45) is 5.92 Å². The molecule has 0 saturated carbocycles. The van der Waals surface area contributed by atoms with Gasteiger partial charge in [-0.05, 0) is 19.8 Å². The Morgan fingerprint density at radius 1 is 0.886 bits per heavy atom. The number of hydrogen-bond acceptors (Lipinski definition) is 4. The molecule has 12 N–H and O–H groups in total. The van der Waals surface area contributed by atoms with Crippen LogP contribution < -0.4 is 0 Å². The smallest absolute Gasteiger partial charge is 0.693 e. The van der Waals surface area contributed by atoms with Gasteiger partial charge in [-0.15, -0.1) is 19.6 Å². The zero-order chi connectivity index (χ0) is 23.1. The zero-order valence-corrected chi connectivity index (χ0v) is 21.2. The van der Waals surface area contributed by atoms with Gasteiger partial charge < -0.3 is 48.2 Å². The van der Waals surface area contributed by atoms with Crippen molar-refractivity contribution in [1.29, 1.82) is 0 Å². The van der Waals surface area contributed by atoms with E-state index in [2.05, 4.69) is 22.8 Å². The Bertz CT molecular complexity index is 722. The van der Waals surface area contributed by atoms with Crippen molar-refractivity contribution in [2.75, 3.05) is 19.6 Å². The molecule has 15 heteroatoms. The summed E-state index contributed by atoms with van der Waals surface area (Å²) in [5, 5.41) is 40.7. The third kappa shape index (κ3) is 24.4. The van der Waals surface area contributed by atoms with Gasteiger partial charge in [0.2, 0.25) is 0 Å². The van der Waals surface area contributed by atoms with E-state index in [4.69, 9.17) is 20.4 Å². The van der Waals surface area contributed by atoms with Gasteiger partial charge in [0.05, 0.1) is 0 Å². The van der Waals surface area contributed by atoms with Crippen molar-refractivity contribution in [3.63, 3.8) is 0 Å². The van der Waals surface area contributed by atoms with Gasteiger partial charge in [0, 0.05) is 39.8 Å². The molecule has 0 aliphatic carbocycles. The Morgan fingerprint density at radius 2 is 1.29 bits per heavy atom. The molecule has 0 spiro atoms. The van der Waals surface area contributed by atoms with Crippen molar-refractivity contribution in [3.05, 3.63) is 64.0 Å². The number of carbonyl (C=O) groups is 4. The number of nitrogens with zero attached hydrogens (tertiary/aromatic N) is 2. The molecular formula is C20H34N3Ni2O10+. The van der Waals surface area contributed by atoms with E-state index in [1.165, 1.54) is 32.3 Å². The van der Waals surface area contributed by atoms with E-state index in [9.17, 15) is 19.2 Å². The Balaban J connectivity index is -0.0000000856. The summed E-state index contributed by atoms with van der Waals surface area (Å²) < 4.78 is 0. The third-order valence-corrected chi connectivity index (χ3v) is 3.90. The Morgan fingerprint density at radius 3 is 1.54 bits per heavy atom. The molecule has 2 heterocycles. The molecule has 208 valence electrons. The van der Waals surface area contributed by atoms with E-state index in [0.29, 0.717) is 12.2 Å². The number of aliphatic carboxylic acids is 4. The normalized spacial score (nSPS) is 14.2. The Kier molecular flexibility index (Phi) is 34.2. The van der Waals surface area contributed by atoms with Crippen LogP contribution in [0.5, 0.6) is 0 Å².